The molecule has 0 aromatic heterocycles. The zero-order valence-corrected chi connectivity index (χ0v) is 22.0. The van der Waals surface area contributed by atoms with E-state index in [9.17, 15) is 19.8 Å². The van der Waals surface area contributed by atoms with Crippen LogP contribution in [-0.4, -0.2) is 46.6 Å². The van der Waals surface area contributed by atoms with E-state index >= 15 is 0 Å². The molecule has 3 saturated carbocycles. The Kier molecular flexibility index (Phi) is 7.18. The lowest BCUT2D eigenvalue weighted by molar-refractivity contribution is -0.142. The molecule has 7 heteroatoms. The summed E-state index contributed by atoms with van der Waals surface area (Å²) >= 11 is 0. The van der Waals surface area contributed by atoms with Crippen molar-refractivity contribution in [3.05, 3.63) is 47.5 Å². The van der Waals surface area contributed by atoms with Crippen LogP contribution >= 0.6 is 0 Å². The molecule has 0 radical (unpaired) electrons. The average Bonchev–Trinajstić information content (AvgIpc) is 3.18. The summed E-state index contributed by atoms with van der Waals surface area (Å²) in [6.07, 6.45) is 10.7. The number of nitrogens with one attached hydrogen (secondary N) is 1. The minimum Gasteiger partial charge on any atom is -0.480 e. The maximum atomic E-state index is 12.4. The van der Waals surface area contributed by atoms with Gasteiger partial charge in [-0.2, -0.15) is 0 Å². The quantitative estimate of drug-likeness (QED) is 0.470. The van der Waals surface area contributed by atoms with Crippen molar-refractivity contribution < 1.29 is 24.6 Å². The van der Waals surface area contributed by atoms with Gasteiger partial charge in [0.2, 0.25) is 0 Å². The molecule has 0 unspecified atom stereocenters. The van der Waals surface area contributed by atoms with Crippen molar-refractivity contribution >= 4 is 17.6 Å². The van der Waals surface area contributed by atoms with Crippen LogP contribution < -0.4 is 5.32 Å². The average molecular weight is 509 g/mol. The molecule has 0 aliphatic heterocycles. The van der Waals surface area contributed by atoms with Crippen LogP contribution in [0.3, 0.4) is 0 Å². The molecule has 7 atom stereocenters. The molecule has 0 spiro atoms. The summed E-state index contributed by atoms with van der Waals surface area (Å²) in [7, 11) is 0. The number of benzene rings is 1. The fourth-order valence-electron chi connectivity index (χ4n) is 8.08. The summed E-state index contributed by atoms with van der Waals surface area (Å²) in [5, 5.41) is 27.0. The molecule has 1 amide bonds. The van der Waals surface area contributed by atoms with Gasteiger partial charge >= 0.3 is 5.97 Å². The molecule has 0 heterocycles. The number of fused-ring (bicyclic) bond motifs is 5. The smallest absolute Gasteiger partial charge is 0.326 e. The van der Waals surface area contributed by atoms with Gasteiger partial charge in [-0.15, -0.1) is 0 Å². The summed E-state index contributed by atoms with van der Waals surface area (Å²) in [5.74, 6) is 0.403. The SMILES string of the molecule is C[C@]12CC[C@H]3[C@@H](CCC4=CC(=NOCC(=O)N[C@H](Cc5ccccc5)C(=O)O)CC[C@@]43C)[C@@H]1CC[C@H]2O. The number of carbonyl (C=O) groups excluding carboxylic acids is 1. The van der Waals surface area contributed by atoms with Gasteiger partial charge in [0, 0.05) is 6.42 Å². The molecule has 0 saturated heterocycles. The highest BCUT2D eigenvalue weighted by atomic mass is 16.6. The van der Waals surface area contributed by atoms with E-state index in [-0.39, 0.29) is 30.0 Å². The van der Waals surface area contributed by atoms with Crippen LogP contribution in [0, 0.1) is 28.6 Å². The zero-order chi connectivity index (χ0) is 26.2. The highest BCUT2D eigenvalue weighted by Gasteiger charge is 2.58. The summed E-state index contributed by atoms with van der Waals surface area (Å²) < 4.78 is 0. The molecule has 0 bridgehead atoms. The number of carbonyl (C=O) groups is 2. The molecular formula is C30H40N2O5. The van der Waals surface area contributed by atoms with Gasteiger partial charge in [0.05, 0.1) is 11.8 Å². The minimum atomic E-state index is -1.08. The lowest BCUT2D eigenvalue weighted by atomic mass is 9.47. The number of nitrogens with zero attached hydrogens (tertiary/aromatic N) is 1. The second-order valence-electron chi connectivity index (χ2n) is 12.1. The first-order chi connectivity index (χ1) is 17.7. The second kappa shape index (κ2) is 10.2. The lowest BCUT2D eigenvalue weighted by Crippen LogP contribution is -2.51. The minimum absolute atomic E-state index is 0.0924. The highest BCUT2D eigenvalue weighted by molar-refractivity contribution is 5.96. The van der Waals surface area contributed by atoms with E-state index in [1.54, 1.807) is 0 Å². The number of aliphatic carboxylic acids is 1. The maximum Gasteiger partial charge on any atom is 0.326 e. The number of hydrogen-bond donors (Lipinski definition) is 3. The van der Waals surface area contributed by atoms with Gasteiger partial charge in [-0.25, -0.2) is 4.79 Å². The Morgan fingerprint density at radius 3 is 2.62 bits per heavy atom. The number of aliphatic hydroxyl groups is 1. The van der Waals surface area contributed by atoms with E-state index in [1.165, 1.54) is 18.4 Å². The van der Waals surface area contributed by atoms with Gasteiger partial charge in [0.15, 0.2) is 6.61 Å². The van der Waals surface area contributed by atoms with Gasteiger partial charge in [-0.3, -0.25) is 4.79 Å². The van der Waals surface area contributed by atoms with Gasteiger partial charge in [-0.05, 0) is 91.6 Å². The van der Waals surface area contributed by atoms with Crippen molar-refractivity contribution in [1.29, 1.82) is 0 Å². The first-order valence-corrected chi connectivity index (χ1v) is 13.8. The van der Waals surface area contributed by atoms with E-state index in [0.717, 1.165) is 49.8 Å². The van der Waals surface area contributed by atoms with Crippen LogP contribution in [0.1, 0.15) is 70.8 Å². The van der Waals surface area contributed by atoms with Crippen molar-refractivity contribution in [3.8, 4) is 0 Å². The molecular weight excluding hydrogens is 468 g/mol. The number of hydrogen-bond acceptors (Lipinski definition) is 5. The summed E-state index contributed by atoms with van der Waals surface area (Å²) in [6.45, 7) is 4.43. The summed E-state index contributed by atoms with van der Waals surface area (Å²) in [5.41, 5.74) is 3.40. The van der Waals surface area contributed by atoms with E-state index in [4.69, 9.17) is 4.84 Å². The van der Waals surface area contributed by atoms with Crippen LogP contribution in [-0.2, 0) is 20.8 Å². The molecule has 200 valence electrons. The van der Waals surface area contributed by atoms with Crippen LogP contribution in [0.15, 0.2) is 47.1 Å². The van der Waals surface area contributed by atoms with Gasteiger partial charge in [-0.1, -0.05) is 54.9 Å². The number of aliphatic hydroxyl groups excluding tert-OH is 1. The number of carboxylic acid groups (broad SMARTS) is 1. The van der Waals surface area contributed by atoms with E-state index < -0.39 is 17.9 Å². The number of oxime groups is 1. The Morgan fingerprint density at radius 2 is 1.86 bits per heavy atom. The first kappa shape index (κ1) is 26.0. The van der Waals surface area contributed by atoms with Crippen LogP contribution in [0.25, 0.3) is 0 Å². The number of rotatable bonds is 7. The molecule has 4 aliphatic rings. The van der Waals surface area contributed by atoms with Crippen molar-refractivity contribution in [3.63, 3.8) is 0 Å². The molecule has 37 heavy (non-hydrogen) atoms. The summed E-state index contributed by atoms with van der Waals surface area (Å²) in [4.78, 5) is 29.4. The van der Waals surface area contributed by atoms with E-state index in [2.05, 4.69) is 30.4 Å². The number of allylic oxidation sites excluding steroid dienone is 2. The summed E-state index contributed by atoms with van der Waals surface area (Å²) in [6, 6.07) is 8.21. The maximum absolute atomic E-state index is 12.4. The largest absolute Gasteiger partial charge is 0.480 e. The molecule has 3 fully saturated rings. The normalized spacial score (nSPS) is 36.5. The predicted molar refractivity (Wildman–Crippen MR) is 141 cm³/mol. The standard InChI is InChI=1S/C30H40N2O5/c1-29-14-12-21(32-37-18-27(34)31-25(28(35)36)16-19-6-4-3-5-7-19)17-20(29)8-9-22-23-10-11-26(33)30(23,2)15-13-24(22)29/h3-7,17,22-26,33H,8-16,18H2,1-2H3,(H,31,34)(H,35,36)/t22-,23-,24-,25+,26+,29-,30-/m0/s1. The van der Waals surface area contributed by atoms with Crippen LogP contribution in [0.5, 0.6) is 0 Å². The van der Waals surface area contributed by atoms with Crippen molar-refractivity contribution in [1.82, 2.24) is 5.32 Å². The Balaban J connectivity index is 1.18. The van der Waals surface area contributed by atoms with Crippen LogP contribution in [0.2, 0.25) is 0 Å². The molecule has 1 aromatic carbocycles. The topological polar surface area (TPSA) is 108 Å². The third-order valence-corrected chi connectivity index (χ3v) is 10.2. The van der Waals surface area contributed by atoms with Crippen molar-refractivity contribution in [2.24, 2.45) is 33.7 Å². The predicted octanol–water partition coefficient (Wildman–Crippen LogP) is 4.49. The van der Waals surface area contributed by atoms with Gasteiger partial charge < -0.3 is 20.4 Å². The fourth-order valence-corrected chi connectivity index (χ4v) is 8.08. The monoisotopic (exact) mass is 508 g/mol. The Labute approximate surface area is 219 Å². The number of carboxylic acids is 1. The molecule has 7 nitrogen and oxygen atoms in total. The molecule has 1 aromatic rings. The Morgan fingerprint density at radius 1 is 1.08 bits per heavy atom. The fraction of sp³-hybridized carbons (Fsp3) is 0.633. The Bertz CT molecular complexity index is 1080. The molecule has 5 rings (SSSR count). The van der Waals surface area contributed by atoms with Crippen LogP contribution in [0.4, 0.5) is 0 Å². The number of amides is 1. The van der Waals surface area contributed by atoms with Gasteiger partial charge in [0.1, 0.15) is 6.04 Å². The second-order valence-corrected chi connectivity index (χ2v) is 12.1. The van der Waals surface area contributed by atoms with Crippen molar-refractivity contribution in [2.75, 3.05) is 6.61 Å². The van der Waals surface area contributed by atoms with E-state index in [0.29, 0.717) is 17.8 Å². The Hall–Kier alpha value is -2.67. The zero-order valence-electron chi connectivity index (χ0n) is 22.0. The lowest BCUT2D eigenvalue weighted by Gasteiger charge is -2.57. The third kappa shape index (κ3) is 4.95. The van der Waals surface area contributed by atoms with Crippen molar-refractivity contribution in [2.45, 2.75) is 83.8 Å². The van der Waals surface area contributed by atoms with E-state index in [1.807, 2.05) is 30.3 Å². The third-order valence-electron chi connectivity index (χ3n) is 10.2. The highest BCUT2D eigenvalue weighted by Crippen LogP contribution is 2.65. The molecule has 4 aliphatic carbocycles. The van der Waals surface area contributed by atoms with Gasteiger partial charge in [0.25, 0.3) is 5.91 Å². The first-order valence-electron chi connectivity index (χ1n) is 13.8. The molecule has 3 N–H and O–H groups in total.